The van der Waals surface area contributed by atoms with Gasteiger partial charge in [-0.1, -0.05) is 18.2 Å². The van der Waals surface area contributed by atoms with Crippen molar-refractivity contribution in [2.75, 3.05) is 32.7 Å². The molecule has 1 aliphatic rings. The van der Waals surface area contributed by atoms with Gasteiger partial charge in [-0.2, -0.15) is 0 Å². The number of nitrogens with zero attached hydrogens (tertiary/aromatic N) is 4. The van der Waals surface area contributed by atoms with Gasteiger partial charge in [0.05, 0.1) is 14.1 Å². The topological polar surface area (TPSA) is 42.2 Å². The zero-order chi connectivity index (χ0) is 16.7. The molecule has 0 saturated carbocycles. The molecule has 122 valence electrons. The van der Waals surface area contributed by atoms with E-state index in [0.717, 1.165) is 28.8 Å². The van der Waals surface area contributed by atoms with E-state index in [0.29, 0.717) is 11.8 Å². The fourth-order valence-corrected chi connectivity index (χ4v) is 3.42. The number of aromatic nitrogens is 2. The van der Waals surface area contributed by atoms with E-state index in [1.807, 2.05) is 30.3 Å². The molecule has 0 radical (unpaired) electrons. The smallest absolute Gasteiger partial charge is 0.248 e. The van der Waals surface area contributed by atoms with E-state index < -0.39 is 0 Å². The van der Waals surface area contributed by atoms with E-state index in [4.69, 9.17) is 4.42 Å². The van der Waals surface area contributed by atoms with Gasteiger partial charge in [0.15, 0.2) is 6.67 Å². The second-order valence-corrected chi connectivity index (χ2v) is 7.06. The van der Waals surface area contributed by atoms with Crippen molar-refractivity contribution in [2.24, 2.45) is 0 Å². The summed E-state index contributed by atoms with van der Waals surface area (Å²) in [6, 6.07) is 16.2. The van der Waals surface area contributed by atoms with Gasteiger partial charge in [0.25, 0.3) is 0 Å². The van der Waals surface area contributed by atoms with Gasteiger partial charge in [-0.15, -0.1) is 10.2 Å². The van der Waals surface area contributed by atoms with Crippen molar-refractivity contribution in [1.82, 2.24) is 10.2 Å². The maximum absolute atomic E-state index is 5.88. The molecule has 0 unspecified atom stereocenters. The lowest BCUT2D eigenvalue weighted by molar-refractivity contribution is -0.904. The quantitative estimate of drug-likeness (QED) is 0.679. The van der Waals surface area contributed by atoms with Crippen molar-refractivity contribution in [2.45, 2.75) is 6.54 Å². The van der Waals surface area contributed by atoms with Crippen molar-refractivity contribution in [1.29, 1.82) is 0 Å². The largest absolute Gasteiger partial charge is 0.416 e. The first-order valence-corrected chi connectivity index (χ1v) is 8.07. The fourth-order valence-electron chi connectivity index (χ4n) is 3.42. The maximum atomic E-state index is 5.88. The van der Waals surface area contributed by atoms with Crippen LogP contribution in [0.4, 0.5) is 5.69 Å². The van der Waals surface area contributed by atoms with Crippen LogP contribution < -0.4 is 4.90 Å². The van der Waals surface area contributed by atoms with E-state index in [1.165, 1.54) is 11.3 Å². The Balaban J connectivity index is 1.70. The first-order chi connectivity index (χ1) is 11.5. The van der Waals surface area contributed by atoms with Crippen LogP contribution in [0.2, 0.25) is 0 Å². The molecule has 1 aliphatic heterocycles. The van der Waals surface area contributed by atoms with Gasteiger partial charge >= 0.3 is 0 Å². The first kappa shape index (κ1) is 14.9. The lowest BCUT2D eigenvalue weighted by Gasteiger charge is -2.40. The van der Waals surface area contributed by atoms with Crippen LogP contribution in [0.3, 0.4) is 0 Å². The highest BCUT2D eigenvalue weighted by Crippen LogP contribution is 2.33. The summed E-state index contributed by atoms with van der Waals surface area (Å²) >= 11 is 0. The van der Waals surface area contributed by atoms with E-state index in [1.54, 1.807) is 0 Å². The second kappa shape index (κ2) is 5.46. The number of hydrogen-bond acceptors (Lipinski definition) is 4. The van der Waals surface area contributed by atoms with Crippen LogP contribution in [0.5, 0.6) is 0 Å². The predicted molar refractivity (Wildman–Crippen MR) is 94.3 cm³/mol. The molecule has 5 nitrogen and oxygen atoms in total. The van der Waals surface area contributed by atoms with Crippen LogP contribution in [0.25, 0.3) is 22.9 Å². The van der Waals surface area contributed by atoms with E-state index in [2.05, 4.69) is 54.4 Å². The summed E-state index contributed by atoms with van der Waals surface area (Å²) in [5.41, 5.74) is 4.50. The average molecular weight is 321 g/mol. The van der Waals surface area contributed by atoms with Crippen LogP contribution in [0.1, 0.15) is 5.56 Å². The maximum Gasteiger partial charge on any atom is 0.248 e. The molecule has 24 heavy (non-hydrogen) atoms. The fraction of sp³-hybridized carbons (Fsp3) is 0.263. The van der Waals surface area contributed by atoms with Gasteiger partial charge in [-0.05, 0) is 30.3 Å². The Morgan fingerprint density at radius 2 is 1.67 bits per heavy atom. The predicted octanol–water partition coefficient (Wildman–Crippen LogP) is 3.39. The lowest BCUT2D eigenvalue weighted by atomic mass is 10.0. The van der Waals surface area contributed by atoms with Crippen molar-refractivity contribution < 1.29 is 8.90 Å². The lowest BCUT2D eigenvalue weighted by Crippen LogP contribution is -2.50. The van der Waals surface area contributed by atoms with Crippen LogP contribution in [-0.2, 0) is 6.54 Å². The van der Waals surface area contributed by atoms with Gasteiger partial charge in [-0.3, -0.25) is 0 Å². The third-order valence-electron chi connectivity index (χ3n) is 4.38. The summed E-state index contributed by atoms with van der Waals surface area (Å²) in [7, 11) is 6.62. The van der Waals surface area contributed by atoms with Crippen LogP contribution in [0, 0.1) is 0 Å². The molecule has 1 aromatic heterocycles. The summed E-state index contributed by atoms with van der Waals surface area (Å²) in [6.45, 7) is 2.00. The van der Waals surface area contributed by atoms with Gasteiger partial charge < -0.3 is 13.8 Å². The highest BCUT2D eigenvalue weighted by molar-refractivity contribution is 5.65. The second-order valence-electron chi connectivity index (χ2n) is 7.06. The molecular weight excluding hydrogens is 300 g/mol. The first-order valence-electron chi connectivity index (χ1n) is 8.07. The summed E-state index contributed by atoms with van der Waals surface area (Å²) in [6.07, 6.45) is 0. The van der Waals surface area contributed by atoms with Gasteiger partial charge in [0.2, 0.25) is 11.8 Å². The molecule has 0 atom stereocenters. The average Bonchev–Trinajstić information content (AvgIpc) is 3.04. The molecule has 0 fully saturated rings. The van der Waals surface area contributed by atoms with E-state index in [9.17, 15) is 0 Å². The minimum Gasteiger partial charge on any atom is -0.416 e. The van der Waals surface area contributed by atoms with E-state index in [-0.39, 0.29) is 0 Å². The Hall–Kier alpha value is -2.66. The zero-order valence-corrected chi connectivity index (χ0v) is 14.2. The number of hydrogen-bond donors (Lipinski definition) is 0. The van der Waals surface area contributed by atoms with Crippen molar-refractivity contribution in [3.8, 4) is 22.9 Å². The third kappa shape index (κ3) is 2.67. The van der Waals surface area contributed by atoms with Gasteiger partial charge in [0, 0.05) is 29.4 Å². The SMILES string of the molecule is CN1C[N+](C)(C)Cc2cc(-c3nnc(-c4ccccc4)o3)ccc21. The summed E-state index contributed by atoms with van der Waals surface area (Å²) < 4.78 is 6.82. The zero-order valence-electron chi connectivity index (χ0n) is 14.2. The summed E-state index contributed by atoms with van der Waals surface area (Å²) in [5.74, 6) is 1.12. The Bertz CT molecular complexity index is 870. The summed E-state index contributed by atoms with van der Waals surface area (Å²) in [4.78, 5) is 2.30. The summed E-state index contributed by atoms with van der Waals surface area (Å²) in [5, 5.41) is 8.42. The molecule has 5 heteroatoms. The molecule has 2 heterocycles. The molecule has 0 amide bonds. The van der Waals surface area contributed by atoms with Crippen LogP contribution in [-0.4, -0.2) is 42.5 Å². The van der Waals surface area contributed by atoms with Gasteiger partial charge in [0.1, 0.15) is 6.54 Å². The normalized spacial score (nSPS) is 16.0. The number of anilines is 1. The van der Waals surface area contributed by atoms with E-state index >= 15 is 0 Å². The standard InChI is InChI=1S/C19H21N4O/c1-22-13-23(2,3)12-16-11-15(9-10-17(16)22)19-21-20-18(24-19)14-7-5-4-6-8-14/h4-11H,12-13H2,1-3H3/q+1. The molecule has 0 bridgehead atoms. The number of rotatable bonds is 2. The number of quaternary nitrogens is 1. The Morgan fingerprint density at radius 3 is 2.42 bits per heavy atom. The molecular formula is C19H21N4O+. The Labute approximate surface area is 141 Å². The van der Waals surface area contributed by atoms with Crippen LogP contribution in [0.15, 0.2) is 52.9 Å². The molecule has 0 N–H and O–H groups in total. The monoisotopic (exact) mass is 321 g/mol. The molecule has 0 aliphatic carbocycles. The van der Waals surface area contributed by atoms with Crippen LogP contribution >= 0.6 is 0 Å². The minimum absolute atomic E-state index is 0.552. The van der Waals surface area contributed by atoms with Crippen molar-refractivity contribution in [3.05, 3.63) is 54.1 Å². The Morgan fingerprint density at radius 1 is 0.958 bits per heavy atom. The molecule has 0 saturated heterocycles. The number of benzene rings is 2. The highest BCUT2D eigenvalue weighted by atomic mass is 16.4. The molecule has 2 aromatic carbocycles. The third-order valence-corrected chi connectivity index (χ3v) is 4.38. The molecule has 0 spiro atoms. The molecule has 3 aromatic rings. The van der Waals surface area contributed by atoms with Crippen molar-refractivity contribution >= 4 is 5.69 Å². The Kier molecular flexibility index (Phi) is 3.39. The van der Waals surface area contributed by atoms with Crippen molar-refractivity contribution in [3.63, 3.8) is 0 Å². The highest BCUT2D eigenvalue weighted by Gasteiger charge is 2.28. The minimum atomic E-state index is 0.552. The van der Waals surface area contributed by atoms with Gasteiger partial charge in [-0.25, -0.2) is 0 Å². The number of fused-ring (bicyclic) bond motifs is 1. The molecule has 4 rings (SSSR count).